The fourth-order valence-electron chi connectivity index (χ4n) is 1.87. The Kier molecular flexibility index (Phi) is 5.59. The van der Waals surface area contributed by atoms with E-state index >= 15 is 0 Å². The first-order valence-electron chi connectivity index (χ1n) is 5.08. The van der Waals surface area contributed by atoms with Crippen molar-refractivity contribution in [3.8, 4) is 0 Å². The van der Waals surface area contributed by atoms with Crippen molar-refractivity contribution in [3.05, 3.63) is 0 Å². The van der Waals surface area contributed by atoms with Gasteiger partial charge in [0.2, 0.25) is 0 Å². The predicted molar refractivity (Wildman–Crippen MR) is 51.6 cm³/mol. The summed E-state index contributed by atoms with van der Waals surface area (Å²) < 4.78 is 39.9. The summed E-state index contributed by atoms with van der Waals surface area (Å²) >= 11 is 0. The molecule has 0 aromatic heterocycles. The van der Waals surface area contributed by atoms with Crippen LogP contribution in [0.1, 0.15) is 26.2 Å². The van der Waals surface area contributed by atoms with Crippen LogP contribution in [-0.4, -0.2) is 43.2 Å². The molecule has 1 aliphatic rings. The third-order valence-corrected chi connectivity index (χ3v) is 2.59. The molecule has 2 nitrogen and oxygen atoms in total. The zero-order valence-electron chi connectivity index (χ0n) is 9.10. The maximum absolute atomic E-state index is 9.75. The van der Waals surface area contributed by atoms with Gasteiger partial charge in [-0.2, -0.15) is 0 Å². The Morgan fingerprint density at radius 3 is 2.07 bits per heavy atom. The van der Waals surface area contributed by atoms with Crippen LogP contribution < -0.4 is 0 Å². The smallest absolute Gasteiger partial charge is 0.418 e. The normalized spacial score (nSPS) is 31.0. The molecular formula is C8H18BF4NO. The molecule has 1 fully saturated rings. The molecule has 0 saturated carbocycles. The van der Waals surface area contributed by atoms with Gasteiger partial charge in [-0.05, 0) is 6.42 Å². The van der Waals surface area contributed by atoms with E-state index in [2.05, 4.69) is 14.0 Å². The molecule has 2 unspecified atom stereocenters. The number of aliphatic hydroxyl groups excluding tert-OH is 1. The maximum atomic E-state index is 9.75. The van der Waals surface area contributed by atoms with Crippen LogP contribution in [0.25, 0.3) is 0 Å². The zero-order chi connectivity index (χ0) is 12.1. The van der Waals surface area contributed by atoms with E-state index in [1.807, 2.05) is 0 Å². The molecule has 92 valence electrons. The van der Waals surface area contributed by atoms with Crippen LogP contribution in [0.4, 0.5) is 17.3 Å². The molecule has 1 saturated heterocycles. The quantitative estimate of drug-likeness (QED) is 0.439. The average Bonchev–Trinajstić information content (AvgIpc) is 2.29. The molecule has 0 aromatic carbocycles. The van der Waals surface area contributed by atoms with Crippen molar-refractivity contribution in [3.63, 3.8) is 0 Å². The van der Waals surface area contributed by atoms with E-state index in [1.54, 1.807) is 0 Å². The van der Waals surface area contributed by atoms with Crippen LogP contribution in [-0.2, 0) is 0 Å². The number of hydrogen-bond acceptors (Lipinski definition) is 1. The van der Waals surface area contributed by atoms with Crippen molar-refractivity contribution in [2.24, 2.45) is 0 Å². The molecule has 0 radical (unpaired) electrons. The SMILES string of the molecule is CCC[N+]1(C)CCCC1O.F[B-](F)(F)F. The summed E-state index contributed by atoms with van der Waals surface area (Å²) in [6.45, 7) is 4.46. The van der Waals surface area contributed by atoms with Gasteiger partial charge in [-0.15, -0.1) is 0 Å². The molecule has 0 aromatic rings. The lowest BCUT2D eigenvalue weighted by atomic mass is 10.3. The van der Waals surface area contributed by atoms with Gasteiger partial charge in [-0.3, -0.25) is 0 Å². The van der Waals surface area contributed by atoms with Crippen LogP contribution in [0.5, 0.6) is 0 Å². The van der Waals surface area contributed by atoms with E-state index in [1.165, 1.54) is 12.8 Å². The van der Waals surface area contributed by atoms with Gasteiger partial charge in [-0.1, -0.05) is 6.92 Å². The molecule has 1 rings (SSSR count). The van der Waals surface area contributed by atoms with E-state index in [0.29, 0.717) is 0 Å². The first-order chi connectivity index (χ1) is 6.69. The van der Waals surface area contributed by atoms with Crippen molar-refractivity contribution in [2.45, 2.75) is 32.4 Å². The van der Waals surface area contributed by atoms with E-state index in [0.717, 1.165) is 24.0 Å². The summed E-state index contributed by atoms with van der Waals surface area (Å²) in [5.41, 5.74) is 0. The highest BCUT2D eigenvalue weighted by atomic mass is 19.5. The monoisotopic (exact) mass is 231 g/mol. The lowest BCUT2D eigenvalue weighted by Crippen LogP contribution is -2.48. The standard InChI is InChI=1S/C8H18NO.BF4/c1-3-6-9(2)7-4-5-8(9)10;2-1(3,4)5/h8,10H,3-7H2,1-2H3;/q+1;-1. The largest absolute Gasteiger partial charge is 0.673 e. The average molecular weight is 231 g/mol. The van der Waals surface area contributed by atoms with Crippen molar-refractivity contribution in [1.82, 2.24) is 0 Å². The summed E-state index contributed by atoms with van der Waals surface area (Å²) in [4.78, 5) is 0. The maximum Gasteiger partial charge on any atom is 0.673 e. The van der Waals surface area contributed by atoms with E-state index in [-0.39, 0.29) is 6.23 Å². The fourth-order valence-corrected chi connectivity index (χ4v) is 1.87. The molecular weight excluding hydrogens is 213 g/mol. The van der Waals surface area contributed by atoms with Gasteiger partial charge < -0.3 is 26.9 Å². The third kappa shape index (κ3) is 6.73. The molecule has 15 heavy (non-hydrogen) atoms. The highest BCUT2D eigenvalue weighted by molar-refractivity contribution is 6.50. The number of aliphatic hydroxyl groups is 1. The Hall–Kier alpha value is -0.295. The van der Waals surface area contributed by atoms with Crippen LogP contribution in [0.2, 0.25) is 0 Å². The second kappa shape index (κ2) is 5.70. The summed E-state index contributed by atoms with van der Waals surface area (Å²) in [6.07, 6.45) is 3.28. The molecule has 2 atom stereocenters. The van der Waals surface area contributed by atoms with Crippen molar-refractivity contribution in [2.75, 3.05) is 20.1 Å². The molecule has 0 aliphatic carbocycles. The first kappa shape index (κ1) is 14.7. The lowest BCUT2D eigenvalue weighted by molar-refractivity contribution is -0.941. The van der Waals surface area contributed by atoms with Crippen LogP contribution in [0.3, 0.4) is 0 Å². The molecule has 1 N–H and O–H groups in total. The lowest BCUT2D eigenvalue weighted by Gasteiger charge is -2.32. The minimum absolute atomic E-state index is 0.0834. The Morgan fingerprint density at radius 2 is 1.80 bits per heavy atom. The number of nitrogens with zero attached hydrogens (tertiary/aromatic N) is 1. The minimum Gasteiger partial charge on any atom is -0.418 e. The zero-order valence-corrected chi connectivity index (χ0v) is 9.10. The minimum atomic E-state index is -6.00. The Morgan fingerprint density at radius 1 is 1.33 bits per heavy atom. The van der Waals surface area contributed by atoms with Gasteiger partial charge in [0.05, 0.1) is 20.1 Å². The number of hydrogen-bond donors (Lipinski definition) is 1. The number of halogens is 4. The molecule has 0 spiro atoms. The number of rotatable bonds is 2. The third-order valence-electron chi connectivity index (χ3n) is 2.59. The van der Waals surface area contributed by atoms with Gasteiger partial charge in [0, 0.05) is 12.8 Å². The Labute approximate surface area is 87.6 Å². The van der Waals surface area contributed by atoms with E-state index in [4.69, 9.17) is 0 Å². The van der Waals surface area contributed by atoms with E-state index < -0.39 is 7.25 Å². The van der Waals surface area contributed by atoms with Crippen LogP contribution >= 0.6 is 0 Å². The van der Waals surface area contributed by atoms with Crippen LogP contribution in [0, 0.1) is 0 Å². The topological polar surface area (TPSA) is 20.2 Å². The van der Waals surface area contributed by atoms with Gasteiger partial charge in [0.1, 0.15) is 0 Å². The van der Waals surface area contributed by atoms with Crippen molar-refractivity contribution in [1.29, 1.82) is 0 Å². The molecule has 0 amide bonds. The molecule has 0 bridgehead atoms. The predicted octanol–water partition coefficient (Wildman–Crippen LogP) is 2.26. The summed E-state index contributed by atoms with van der Waals surface area (Å²) in [7, 11) is -3.85. The van der Waals surface area contributed by atoms with Gasteiger partial charge >= 0.3 is 7.25 Å². The van der Waals surface area contributed by atoms with E-state index in [9.17, 15) is 22.4 Å². The van der Waals surface area contributed by atoms with Gasteiger partial charge in [-0.25, -0.2) is 0 Å². The van der Waals surface area contributed by atoms with Gasteiger partial charge in [0.25, 0.3) is 0 Å². The van der Waals surface area contributed by atoms with Crippen molar-refractivity contribution >= 4 is 7.25 Å². The molecule has 7 heteroatoms. The van der Waals surface area contributed by atoms with Crippen molar-refractivity contribution < 1.29 is 26.9 Å². The fraction of sp³-hybridized carbons (Fsp3) is 1.00. The summed E-state index contributed by atoms with van der Waals surface area (Å²) in [5.74, 6) is 0. The molecule has 1 aliphatic heterocycles. The Bertz CT molecular complexity index is 184. The number of quaternary nitrogens is 1. The van der Waals surface area contributed by atoms with Gasteiger partial charge in [0.15, 0.2) is 6.23 Å². The second-order valence-electron chi connectivity index (χ2n) is 4.04. The van der Waals surface area contributed by atoms with Crippen LogP contribution in [0.15, 0.2) is 0 Å². The Balaban J connectivity index is 0.000000336. The summed E-state index contributed by atoms with van der Waals surface area (Å²) in [5, 5.41) is 9.55. The molecule has 1 heterocycles. The highest BCUT2D eigenvalue weighted by Crippen LogP contribution is 2.22. The number of likely N-dealkylation sites (tertiary alicyclic amines) is 1. The highest BCUT2D eigenvalue weighted by Gasteiger charge is 2.35. The second-order valence-corrected chi connectivity index (χ2v) is 4.04. The summed E-state index contributed by atoms with van der Waals surface area (Å²) in [6, 6.07) is 0. The first-order valence-corrected chi connectivity index (χ1v) is 5.08.